The Bertz CT molecular complexity index is 426. The topological polar surface area (TPSA) is 78.6 Å². The molecule has 0 aliphatic rings. The number of nitrogens with two attached hydrogens (primary N) is 1. The van der Waals surface area contributed by atoms with Gasteiger partial charge >= 0.3 is 0 Å². The first kappa shape index (κ1) is 15.8. The molecule has 1 amide bonds. The van der Waals surface area contributed by atoms with Crippen molar-refractivity contribution in [3.63, 3.8) is 0 Å². The predicted molar refractivity (Wildman–Crippen MR) is 78.3 cm³/mol. The molecule has 0 heterocycles. The first-order valence-electron chi connectivity index (χ1n) is 6.25. The number of nitrogen functional groups attached to an aromatic ring is 1. The summed E-state index contributed by atoms with van der Waals surface area (Å²) >= 11 is 5.81. The summed E-state index contributed by atoms with van der Waals surface area (Å²) in [5.74, 6) is -0.110. The molecule has 0 bridgehead atoms. The van der Waals surface area contributed by atoms with E-state index >= 15 is 0 Å². The van der Waals surface area contributed by atoms with Gasteiger partial charge in [0.1, 0.15) is 0 Å². The zero-order chi connectivity index (χ0) is 14.3. The molecule has 0 radical (unpaired) electrons. The van der Waals surface area contributed by atoms with Crippen molar-refractivity contribution in [2.24, 2.45) is 0 Å². The van der Waals surface area contributed by atoms with Crippen LogP contribution in [0, 0.1) is 0 Å². The number of anilines is 2. The van der Waals surface area contributed by atoms with E-state index in [1.165, 1.54) is 0 Å². The first-order valence-corrected chi connectivity index (χ1v) is 6.62. The highest BCUT2D eigenvalue weighted by atomic mass is 35.5. The van der Waals surface area contributed by atoms with E-state index in [1.807, 2.05) is 11.8 Å². The maximum Gasteiger partial charge on any atom is 0.238 e. The second-order valence-corrected chi connectivity index (χ2v) is 4.64. The van der Waals surface area contributed by atoms with Crippen molar-refractivity contribution in [3.05, 3.63) is 23.2 Å². The number of aliphatic hydroxyl groups excluding tert-OH is 1. The van der Waals surface area contributed by atoms with E-state index in [1.54, 1.807) is 18.2 Å². The highest BCUT2D eigenvalue weighted by Crippen LogP contribution is 2.22. The number of likely N-dealkylation sites (N-methyl/N-ethyl adjacent to an activating group) is 1. The van der Waals surface area contributed by atoms with Crippen LogP contribution >= 0.6 is 11.6 Å². The minimum absolute atomic E-state index is 0.110. The standard InChI is InChI=1S/C13H20ClN3O2/c1-2-17(6-3-7-18)9-13(19)16-10-4-5-11(14)12(15)8-10/h4-5,8,18H,2-3,6-7,9,15H2,1H3,(H,16,19). The van der Waals surface area contributed by atoms with Crippen LogP contribution in [-0.4, -0.2) is 42.2 Å². The lowest BCUT2D eigenvalue weighted by atomic mass is 10.2. The van der Waals surface area contributed by atoms with Gasteiger partial charge in [-0.3, -0.25) is 9.69 Å². The number of carbonyl (C=O) groups excluding carboxylic acids is 1. The lowest BCUT2D eigenvalue weighted by molar-refractivity contribution is -0.117. The Balaban J connectivity index is 2.51. The van der Waals surface area contributed by atoms with Crippen LogP contribution in [-0.2, 0) is 4.79 Å². The van der Waals surface area contributed by atoms with Gasteiger partial charge in [-0.25, -0.2) is 0 Å². The Morgan fingerprint density at radius 2 is 2.26 bits per heavy atom. The molecule has 0 spiro atoms. The molecular weight excluding hydrogens is 266 g/mol. The zero-order valence-electron chi connectivity index (χ0n) is 11.0. The fourth-order valence-corrected chi connectivity index (χ4v) is 1.79. The Morgan fingerprint density at radius 1 is 1.53 bits per heavy atom. The number of hydrogen-bond acceptors (Lipinski definition) is 4. The molecule has 5 nitrogen and oxygen atoms in total. The number of hydrogen-bond donors (Lipinski definition) is 3. The minimum atomic E-state index is -0.110. The molecule has 0 saturated heterocycles. The molecule has 1 aromatic rings. The summed E-state index contributed by atoms with van der Waals surface area (Å²) in [7, 11) is 0. The van der Waals surface area contributed by atoms with Crippen LogP contribution in [0.1, 0.15) is 13.3 Å². The van der Waals surface area contributed by atoms with Crippen molar-refractivity contribution >= 4 is 28.9 Å². The third-order valence-electron chi connectivity index (χ3n) is 2.73. The zero-order valence-corrected chi connectivity index (χ0v) is 11.8. The Morgan fingerprint density at radius 3 is 2.84 bits per heavy atom. The van der Waals surface area contributed by atoms with Gasteiger partial charge in [0.15, 0.2) is 0 Å². The third-order valence-corrected chi connectivity index (χ3v) is 3.07. The maximum absolute atomic E-state index is 11.9. The van der Waals surface area contributed by atoms with Gasteiger partial charge in [0, 0.05) is 18.8 Å². The fraction of sp³-hybridized carbons (Fsp3) is 0.462. The lowest BCUT2D eigenvalue weighted by Crippen LogP contribution is -2.34. The van der Waals surface area contributed by atoms with Crippen molar-refractivity contribution in [3.8, 4) is 0 Å². The number of benzene rings is 1. The number of halogens is 1. The molecule has 1 aromatic carbocycles. The van der Waals surface area contributed by atoms with Crippen molar-refractivity contribution in [2.45, 2.75) is 13.3 Å². The van der Waals surface area contributed by atoms with Gasteiger partial charge in [0.2, 0.25) is 5.91 Å². The molecule has 0 aromatic heterocycles. The smallest absolute Gasteiger partial charge is 0.238 e. The number of aliphatic hydroxyl groups is 1. The average molecular weight is 286 g/mol. The molecule has 0 atom stereocenters. The van der Waals surface area contributed by atoms with Gasteiger partial charge in [-0.2, -0.15) is 0 Å². The van der Waals surface area contributed by atoms with Crippen LogP contribution in [0.15, 0.2) is 18.2 Å². The minimum Gasteiger partial charge on any atom is -0.397 e. The van der Waals surface area contributed by atoms with Gasteiger partial charge in [0.05, 0.1) is 17.3 Å². The Labute approximate surface area is 118 Å². The Kier molecular flexibility index (Phi) is 6.62. The van der Waals surface area contributed by atoms with E-state index in [4.69, 9.17) is 22.4 Å². The summed E-state index contributed by atoms with van der Waals surface area (Å²) in [5, 5.41) is 12.0. The summed E-state index contributed by atoms with van der Waals surface area (Å²) < 4.78 is 0. The third kappa shape index (κ3) is 5.46. The van der Waals surface area contributed by atoms with Crippen LogP contribution < -0.4 is 11.1 Å². The summed E-state index contributed by atoms with van der Waals surface area (Å²) in [5.41, 5.74) is 6.73. The van der Waals surface area contributed by atoms with E-state index in [0.717, 1.165) is 6.54 Å². The van der Waals surface area contributed by atoms with Gasteiger partial charge in [-0.1, -0.05) is 18.5 Å². The number of amides is 1. The highest BCUT2D eigenvalue weighted by Gasteiger charge is 2.09. The highest BCUT2D eigenvalue weighted by molar-refractivity contribution is 6.33. The van der Waals surface area contributed by atoms with Crippen molar-refractivity contribution < 1.29 is 9.90 Å². The molecule has 0 fully saturated rings. The summed E-state index contributed by atoms with van der Waals surface area (Å²) in [4.78, 5) is 13.8. The fourth-order valence-electron chi connectivity index (χ4n) is 1.67. The quantitative estimate of drug-likeness (QED) is 0.665. The van der Waals surface area contributed by atoms with E-state index in [2.05, 4.69) is 5.32 Å². The van der Waals surface area contributed by atoms with Crippen LogP contribution in [0.3, 0.4) is 0 Å². The van der Waals surface area contributed by atoms with E-state index in [0.29, 0.717) is 35.9 Å². The van der Waals surface area contributed by atoms with E-state index < -0.39 is 0 Å². The first-order chi connectivity index (χ1) is 9.06. The van der Waals surface area contributed by atoms with Gasteiger partial charge in [-0.15, -0.1) is 0 Å². The molecule has 1 rings (SSSR count). The normalized spacial score (nSPS) is 10.7. The summed E-state index contributed by atoms with van der Waals surface area (Å²) in [6.45, 7) is 3.86. The lowest BCUT2D eigenvalue weighted by Gasteiger charge is -2.19. The molecule has 0 unspecified atom stereocenters. The summed E-state index contributed by atoms with van der Waals surface area (Å²) in [6, 6.07) is 4.99. The van der Waals surface area contributed by atoms with Gasteiger partial charge in [-0.05, 0) is 31.2 Å². The molecule has 19 heavy (non-hydrogen) atoms. The molecule has 6 heteroatoms. The monoisotopic (exact) mass is 285 g/mol. The van der Waals surface area contributed by atoms with E-state index in [-0.39, 0.29) is 12.5 Å². The van der Waals surface area contributed by atoms with Crippen LogP contribution in [0.2, 0.25) is 5.02 Å². The maximum atomic E-state index is 11.9. The molecule has 0 aliphatic heterocycles. The van der Waals surface area contributed by atoms with Crippen LogP contribution in [0.4, 0.5) is 11.4 Å². The van der Waals surface area contributed by atoms with Crippen LogP contribution in [0.5, 0.6) is 0 Å². The summed E-state index contributed by atoms with van der Waals surface area (Å²) in [6.07, 6.45) is 0.662. The number of nitrogens with zero attached hydrogens (tertiary/aromatic N) is 1. The number of rotatable bonds is 7. The molecule has 0 saturated carbocycles. The predicted octanol–water partition coefficient (Wildman–Crippen LogP) is 1.56. The van der Waals surface area contributed by atoms with Crippen molar-refractivity contribution in [1.82, 2.24) is 4.90 Å². The SMILES string of the molecule is CCN(CCCO)CC(=O)Nc1ccc(Cl)c(N)c1. The second-order valence-electron chi connectivity index (χ2n) is 4.23. The Hall–Kier alpha value is -1.30. The van der Waals surface area contributed by atoms with Gasteiger partial charge < -0.3 is 16.2 Å². The van der Waals surface area contributed by atoms with Gasteiger partial charge in [0.25, 0.3) is 0 Å². The second kappa shape index (κ2) is 7.99. The largest absolute Gasteiger partial charge is 0.397 e. The molecular formula is C13H20ClN3O2. The molecule has 4 N–H and O–H groups in total. The average Bonchev–Trinajstić information content (AvgIpc) is 2.38. The number of nitrogens with one attached hydrogen (secondary N) is 1. The van der Waals surface area contributed by atoms with Crippen molar-refractivity contribution in [2.75, 3.05) is 37.3 Å². The van der Waals surface area contributed by atoms with Crippen LogP contribution in [0.25, 0.3) is 0 Å². The molecule has 106 valence electrons. The number of carbonyl (C=O) groups is 1. The van der Waals surface area contributed by atoms with Crippen molar-refractivity contribution in [1.29, 1.82) is 0 Å². The van der Waals surface area contributed by atoms with E-state index in [9.17, 15) is 4.79 Å². The molecule has 0 aliphatic carbocycles.